The normalized spacial score (nSPS) is 13.8. The van der Waals surface area contributed by atoms with Crippen LogP contribution in [-0.2, 0) is 16.4 Å². The van der Waals surface area contributed by atoms with E-state index in [1.165, 1.54) is 0 Å². The third-order valence-corrected chi connectivity index (χ3v) is 4.91. The average molecular weight is 462 g/mol. The number of aromatic nitrogens is 3. The van der Waals surface area contributed by atoms with Crippen molar-refractivity contribution in [3.8, 4) is 0 Å². The molecule has 172 valence electrons. The molecule has 1 aromatic heterocycles. The molecule has 0 radical (unpaired) electrons. The highest BCUT2D eigenvalue weighted by molar-refractivity contribution is 7.91. The van der Waals surface area contributed by atoms with Gasteiger partial charge in [-0.15, -0.1) is 0 Å². The summed E-state index contributed by atoms with van der Waals surface area (Å²) in [6.07, 6.45) is 1.52. The van der Waals surface area contributed by atoms with E-state index in [4.69, 9.17) is 0 Å². The number of sulfonamides is 1. The van der Waals surface area contributed by atoms with Gasteiger partial charge in [0, 0.05) is 6.42 Å². The molecule has 2 aromatic rings. The summed E-state index contributed by atoms with van der Waals surface area (Å²) in [5, 5.41) is 12.5. The maximum atomic E-state index is 14.1. The number of hydrogen-bond donors (Lipinski definition) is 3. The second-order valence-corrected chi connectivity index (χ2v) is 9.54. The molecule has 0 fully saturated rings. The van der Waals surface area contributed by atoms with Crippen LogP contribution >= 0.6 is 0 Å². The van der Waals surface area contributed by atoms with Crippen LogP contribution in [0, 0.1) is 23.4 Å². The molecule has 0 aliphatic rings. The van der Waals surface area contributed by atoms with Crippen LogP contribution in [0.15, 0.2) is 12.1 Å². The topological polar surface area (TPSA) is 117 Å². The number of aliphatic hydroxyl groups is 1. The quantitative estimate of drug-likeness (QED) is 0.466. The Morgan fingerprint density at radius 3 is 2.26 bits per heavy atom. The van der Waals surface area contributed by atoms with Crippen LogP contribution in [0.4, 0.5) is 25.1 Å². The van der Waals surface area contributed by atoms with Crippen LogP contribution in [0.5, 0.6) is 0 Å². The monoisotopic (exact) mass is 461 g/mol. The number of nitrogens with one attached hydrogen (secondary N) is 2. The maximum Gasteiger partial charge on any atom is 0.241 e. The van der Waals surface area contributed by atoms with E-state index < -0.39 is 33.4 Å². The number of anilines is 2. The van der Waals surface area contributed by atoms with Crippen molar-refractivity contribution in [2.75, 3.05) is 22.9 Å². The Hall–Kier alpha value is -2.47. The lowest BCUT2D eigenvalue weighted by atomic mass is 9.96. The van der Waals surface area contributed by atoms with Gasteiger partial charge < -0.3 is 10.4 Å². The number of nitrogens with zero attached hydrogens (tertiary/aromatic N) is 3. The van der Waals surface area contributed by atoms with Crippen LogP contribution in [0.2, 0.25) is 0 Å². The Morgan fingerprint density at radius 1 is 1.03 bits per heavy atom. The van der Waals surface area contributed by atoms with Gasteiger partial charge in [0.25, 0.3) is 0 Å². The summed E-state index contributed by atoms with van der Waals surface area (Å²) >= 11 is 0. The van der Waals surface area contributed by atoms with Gasteiger partial charge in [-0.2, -0.15) is 15.0 Å². The SMILES string of the molecule is CC(C)C[C@H](CO)Nc1nc(C[C@H](C)c2ccc(F)c(F)c2F)nc(NS(C)(=O)=O)n1. The Kier molecular flexibility index (Phi) is 8.18. The molecule has 0 aliphatic heterocycles. The summed E-state index contributed by atoms with van der Waals surface area (Å²) in [5.41, 5.74) is -0.0699. The molecule has 0 aliphatic carbocycles. The van der Waals surface area contributed by atoms with E-state index in [2.05, 4.69) is 25.0 Å². The predicted molar refractivity (Wildman–Crippen MR) is 111 cm³/mol. The number of halogens is 3. The van der Waals surface area contributed by atoms with Crippen molar-refractivity contribution in [3.63, 3.8) is 0 Å². The second kappa shape index (κ2) is 10.2. The van der Waals surface area contributed by atoms with Gasteiger partial charge in [-0.1, -0.05) is 26.8 Å². The first-order valence-corrected chi connectivity index (χ1v) is 11.5. The van der Waals surface area contributed by atoms with E-state index in [-0.39, 0.29) is 48.3 Å². The Bertz CT molecular complexity index is 1020. The zero-order chi connectivity index (χ0) is 23.3. The summed E-state index contributed by atoms with van der Waals surface area (Å²) in [6.45, 7) is 5.31. The number of aliphatic hydroxyl groups excluding tert-OH is 1. The summed E-state index contributed by atoms with van der Waals surface area (Å²) in [6, 6.07) is 1.58. The van der Waals surface area contributed by atoms with Gasteiger partial charge >= 0.3 is 0 Å². The molecule has 2 atom stereocenters. The fourth-order valence-electron chi connectivity index (χ4n) is 3.02. The van der Waals surface area contributed by atoms with E-state index >= 15 is 0 Å². The summed E-state index contributed by atoms with van der Waals surface area (Å²) in [5.74, 6) is -4.69. The molecule has 31 heavy (non-hydrogen) atoms. The molecule has 0 spiro atoms. The first-order chi connectivity index (χ1) is 14.4. The third-order valence-electron chi connectivity index (χ3n) is 4.35. The molecule has 3 N–H and O–H groups in total. The van der Waals surface area contributed by atoms with Gasteiger partial charge in [0.1, 0.15) is 5.82 Å². The van der Waals surface area contributed by atoms with Gasteiger partial charge in [0.2, 0.25) is 21.9 Å². The van der Waals surface area contributed by atoms with Crippen LogP contribution in [0.25, 0.3) is 0 Å². The van der Waals surface area contributed by atoms with Gasteiger partial charge in [-0.25, -0.2) is 21.6 Å². The highest BCUT2D eigenvalue weighted by Gasteiger charge is 2.21. The van der Waals surface area contributed by atoms with Crippen molar-refractivity contribution in [1.82, 2.24) is 15.0 Å². The molecular weight excluding hydrogens is 435 g/mol. The van der Waals surface area contributed by atoms with Crippen LogP contribution < -0.4 is 10.0 Å². The van der Waals surface area contributed by atoms with E-state index in [1.807, 2.05) is 13.8 Å². The smallest absolute Gasteiger partial charge is 0.241 e. The molecule has 12 heteroatoms. The molecule has 8 nitrogen and oxygen atoms in total. The molecule has 1 aromatic carbocycles. The first-order valence-electron chi connectivity index (χ1n) is 9.63. The Morgan fingerprint density at radius 2 is 1.68 bits per heavy atom. The zero-order valence-corrected chi connectivity index (χ0v) is 18.5. The fraction of sp³-hybridized carbons (Fsp3) is 0.526. The first kappa shape index (κ1) is 24.8. The minimum absolute atomic E-state index is 0.00833. The molecular formula is C19H26F3N5O3S. The highest BCUT2D eigenvalue weighted by Crippen LogP contribution is 2.25. The maximum absolute atomic E-state index is 14.1. The lowest BCUT2D eigenvalue weighted by molar-refractivity contribution is 0.259. The molecule has 0 saturated heterocycles. The van der Waals surface area contributed by atoms with Gasteiger partial charge in [0.05, 0.1) is 18.9 Å². The number of benzene rings is 1. The molecule has 2 rings (SSSR count). The van der Waals surface area contributed by atoms with E-state index in [1.54, 1.807) is 6.92 Å². The van der Waals surface area contributed by atoms with Crippen molar-refractivity contribution >= 4 is 21.9 Å². The summed E-state index contributed by atoms with van der Waals surface area (Å²) in [7, 11) is -3.69. The number of hydrogen-bond acceptors (Lipinski definition) is 7. The molecule has 0 saturated carbocycles. The second-order valence-electron chi connectivity index (χ2n) is 7.80. The summed E-state index contributed by atoms with van der Waals surface area (Å²) < 4.78 is 66.3. The lowest BCUT2D eigenvalue weighted by Gasteiger charge is -2.19. The molecule has 1 heterocycles. The van der Waals surface area contributed by atoms with Crippen molar-refractivity contribution in [1.29, 1.82) is 0 Å². The minimum atomic E-state index is -3.69. The van der Waals surface area contributed by atoms with E-state index in [0.29, 0.717) is 6.42 Å². The minimum Gasteiger partial charge on any atom is -0.394 e. The van der Waals surface area contributed by atoms with Crippen LogP contribution in [0.3, 0.4) is 0 Å². The zero-order valence-electron chi connectivity index (χ0n) is 17.7. The van der Waals surface area contributed by atoms with Crippen molar-refractivity contribution in [2.45, 2.75) is 45.6 Å². The highest BCUT2D eigenvalue weighted by atomic mass is 32.2. The van der Waals surface area contributed by atoms with Crippen molar-refractivity contribution in [3.05, 3.63) is 41.0 Å². The summed E-state index contributed by atoms with van der Waals surface area (Å²) in [4.78, 5) is 12.3. The Labute approximate surface area is 179 Å². The predicted octanol–water partition coefficient (Wildman–Crippen LogP) is 2.83. The lowest BCUT2D eigenvalue weighted by Crippen LogP contribution is -2.27. The fourth-order valence-corrected chi connectivity index (χ4v) is 3.45. The van der Waals surface area contributed by atoms with Crippen molar-refractivity contribution in [2.24, 2.45) is 5.92 Å². The largest absolute Gasteiger partial charge is 0.394 e. The molecule has 0 unspecified atom stereocenters. The van der Waals surface area contributed by atoms with Crippen LogP contribution in [0.1, 0.15) is 44.5 Å². The van der Waals surface area contributed by atoms with E-state index in [9.17, 15) is 26.7 Å². The average Bonchev–Trinajstić information content (AvgIpc) is 2.63. The standard InChI is InChI=1S/C19H26F3N5O3S/c1-10(2)7-12(9-28)23-18-24-15(25-19(26-18)27-31(4,29)30)8-11(3)13-5-6-14(20)17(22)16(13)21/h5-6,10-12,28H,7-9H2,1-4H3,(H2,23,24,25,26,27)/t11-,12+/m0/s1. The Balaban J connectivity index is 2.36. The van der Waals surface area contributed by atoms with Crippen LogP contribution in [-0.4, -0.2) is 47.4 Å². The molecule has 0 amide bonds. The third kappa shape index (κ3) is 7.31. The van der Waals surface area contributed by atoms with Crippen molar-refractivity contribution < 1.29 is 26.7 Å². The van der Waals surface area contributed by atoms with Gasteiger partial charge in [-0.05, 0) is 29.9 Å². The van der Waals surface area contributed by atoms with Gasteiger partial charge in [-0.3, -0.25) is 4.72 Å². The van der Waals surface area contributed by atoms with Gasteiger partial charge in [0.15, 0.2) is 17.5 Å². The van der Waals surface area contributed by atoms with E-state index in [0.717, 1.165) is 18.4 Å². The number of rotatable bonds is 10. The molecule has 0 bridgehead atoms.